The van der Waals surface area contributed by atoms with Crippen LogP contribution in [-0.2, 0) is 0 Å². The number of benzene rings is 1. The molecule has 86 valence electrons. The average molecular weight is 218 g/mol. The Morgan fingerprint density at radius 3 is 3.00 bits per heavy atom. The first kappa shape index (κ1) is 12.5. The molecular formula is C14H18O2. The average Bonchev–Trinajstić information content (AvgIpc) is 2.30. The zero-order valence-electron chi connectivity index (χ0n) is 9.74. The van der Waals surface area contributed by atoms with Gasteiger partial charge in [-0.25, -0.2) is 0 Å². The molecule has 2 nitrogen and oxygen atoms in total. The van der Waals surface area contributed by atoms with Crippen molar-refractivity contribution in [3.05, 3.63) is 42.5 Å². The molecule has 0 aliphatic heterocycles. The van der Waals surface area contributed by atoms with Crippen molar-refractivity contribution in [2.75, 3.05) is 6.61 Å². The number of rotatable bonds is 7. The lowest BCUT2D eigenvalue weighted by atomic mass is 10.1. The summed E-state index contributed by atoms with van der Waals surface area (Å²) in [5.41, 5.74) is 0.731. The fourth-order valence-electron chi connectivity index (χ4n) is 1.48. The lowest BCUT2D eigenvalue weighted by molar-refractivity contribution is 0.0980. The van der Waals surface area contributed by atoms with Crippen molar-refractivity contribution in [1.82, 2.24) is 0 Å². The van der Waals surface area contributed by atoms with Gasteiger partial charge < -0.3 is 4.74 Å². The van der Waals surface area contributed by atoms with Crippen LogP contribution in [0, 0.1) is 0 Å². The molecule has 1 rings (SSSR count). The second-order valence-corrected chi connectivity index (χ2v) is 3.56. The third kappa shape index (κ3) is 3.89. The number of Topliss-reactive ketones (excluding diaryl/α,β-unsaturated/α-hetero) is 1. The first-order chi connectivity index (χ1) is 7.77. The van der Waals surface area contributed by atoms with Crippen LogP contribution >= 0.6 is 0 Å². The molecule has 0 aliphatic carbocycles. The molecular weight excluding hydrogens is 200 g/mol. The Morgan fingerprint density at radius 2 is 2.31 bits per heavy atom. The summed E-state index contributed by atoms with van der Waals surface area (Å²) >= 11 is 0. The van der Waals surface area contributed by atoms with E-state index in [1.807, 2.05) is 31.2 Å². The number of allylic oxidation sites excluding steroid dienone is 1. The van der Waals surface area contributed by atoms with Gasteiger partial charge in [0.25, 0.3) is 0 Å². The van der Waals surface area contributed by atoms with Gasteiger partial charge in [-0.1, -0.05) is 18.2 Å². The molecule has 2 heteroatoms. The molecule has 0 aliphatic rings. The minimum atomic E-state index is 0.170. The predicted octanol–water partition coefficient (Wildman–Crippen LogP) is 3.62. The van der Waals surface area contributed by atoms with Crippen molar-refractivity contribution in [3.63, 3.8) is 0 Å². The van der Waals surface area contributed by atoms with Crippen LogP contribution in [0.4, 0.5) is 0 Å². The Kier molecular flexibility index (Phi) is 5.34. The Balaban J connectivity index is 2.60. The van der Waals surface area contributed by atoms with Gasteiger partial charge in [0, 0.05) is 12.0 Å². The van der Waals surface area contributed by atoms with E-state index in [1.54, 1.807) is 6.07 Å². The molecule has 0 atom stereocenters. The van der Waals surface area contributed by atoms with Crippen LogP contribution < -0.4 is 4.74 Å². The first-order valence-corrected chi connectivity index (χ1v) is 5.65. The highest BCUT2D eigenvalue weighted by atomic mass is 16.5. The van der Waals surface area contributed by atoms with Crippen LogP contribution in [0.5, 0.6) is 5.75 Å². The smallest absolute Gasteiger partial charge is 0.163 e. The van der Waals surface area contributed by atoms with Crippen molar-refractivity contribution in [2.45, 2.75) is 26.2 Å². The number of hydrogen-bond acceptors (Lipinski definition) is 2. The Labute approximate surface area is 96.9 Å². The Morgan fingerprint density at radius 1 is 1.50 bits per heavy atom. The van der Waals surface area contributed by atoms with Crippen molar-refractivity contribution in [1.29, 1.82) is 0 Å². The van der Waals surface area contributed by atoms with Gasteiger partial charge >= 0.3 is 0 Å². The van der Waals surface area contributed by atoms with Gasteiger partial charge in [-0.3, -0.25) is 4.79 Å². The maximum Gasteiger partial charge on any atom is 0.163 e. The van der Waals surface area contributed by atoms with Gasteiger partial charge in [0.2, 0.25) is 0 Å². The maximum atomic E-state index is 11.8. The van der Waals surface area contributed by atoms with Crippen molar-refractivity contribution in [2.24, 2.45) is 0 Å². The second-order valence-electron chi connectivity index (χ2n) is 3.56. The SMILES string of the molecule is C=CCCCC(=O)c1cccc(OCC)c1. The molecule has 0 heterocycles. The molecule has 1 aromatic rings. The molecule has 0 unspecified atom stereocenters. The summed E-state index contributed by atoms with van der Waals surface area (Å²) in [6, 6.07) is 7.36. The van der Waals surface area contributed by atoms with Crippen LogP contribution in [0.3, 0.4) is 0 Å². The monoisotopic (exact) mass is 218 g/mol. The molecule has 0 fully saturated rings. The molecule has 0 radical (unpaired) electrons. The van der Waals surface area contributed by atoms with E-state index in [0.717, 1.165) is 24.2 Å². The van der Waals surface area contributed by atoms with E-state index in [2.05, 4.69) is 6.58 Å². The number of ketones is 1. The van der Waals surface area contributed by atoms with E-state index in [0.29, 0.717) is 13.0 Å². The third-order valence-corrected chi connectivity index (χ3v) is 2.28. The standard InChI is InChI=1S/C14H18O2/c1-3-5-6-10-14(15)12-8-7-9-13(11-12)16-4-2/h3,7-9,11H,1,4-6,10H2,2H3. The number of ether oxygens (including phenoxy) is 1. The highest BCUT2D eigenvalue weighted by molar-refractivity contribution is 5.96. The summed E-state index contributed by atoms with van der Waals surface area (Å²) in [6.45, 7) is 6.19. The largest absolute Gasteiger partial charge is 0.494 e. The molecule has 16 heavy (non-hydrogen) atoms. The highest BCUT2D eigenvalue weighted by Crippen LogP contribution is 2.15. The van der Waals surface area contributed by atoms with E-state index >= 15 is 0 Å². The molecule has 0 N–H and O–H groups in total. The molecule has 0 aromatic heterocycles. The predicted molar refractivity (Wildman–Crippen MR) is 66.0 cm³/mol. The van der Waals surface area contributed by atoms with Crippen LogP contribution in [0.1, 0.15) is 36.5 Å². The van der Waals surface area contributed by atoms with Crippen molar-refractivity contribution in [3.8, 4) is 5.75 Å². The Bertz CT molecular complexity index is 356. The summed E-state index contributed by atoms with van der Waals surface area (Å²) in [5, 5.41) is 0. The van der Waals surface area contributed by atoms with Crippen LogP contribution in [0.25, 0.3) is 0 Å². The third-order valence-electron chi connectivity index (χ3n) is 2.28. The van der Waals surface area contributed by atoms with Crippen LogP contribution in [-0.4, -0.2) is 12.4 Å². The summed E-state index contributed by atoms with van der Waals surface area (Å²) in [4.78, 5) is 11.8. The normalized spacial score (nSPS) is 9.81. The van der Waals surface area contributed by atoms with Gasteiger partial charge in [0.15, 0.2) is 5.78 Å². The van der Waals surface area contributed by atoms with E-state index in [4.69, 9.17) is 4.74 Å². The fourth-order valence-corrected chi connectivity index (χ4v) is 1.48. The summed E-state index contributed by atoms with van der Waals surface area (Å²) in [6.07, 6.45) is 4.16. The number of carbonyl (C=O) groups excluding carboxylic acids is 1. The molecule has 0 amide bonds. The van der Waals surface area contributed by atoms with E-state index in [1.165, 1.54) is 0 Å². The van der Waals surface area contributed by atoms with E-state index in [-0.39, 0.29) is 5.78 Å². The second kappa shape index (κ2) is 6.83. The number of hydrogen-bond donors (Lipinski definition) is 0. The molecule has 0 saturated heterocycles. The van der Waals surface area contributed by atoms with E-state index in [9.17, 15) is 4.79 Å². The lowest BCUT2D eigenvalue weighted by Crippen LogP contribution is -2.00. The maximum absolute atomic E-state index is 11.8. The summed E-state index contributed by atoms with van der Waals surface area (Å²) in [5.74, 6) is 0.931. The zero-order valence-corrected chi connectivity index (χ0v) is 9.74. The van der Waals surface area contributed by atoms with E-state index < -0.39 is 0 Å². The van der Waals surface area contributed by atoms with Gasteiger partial charge in [0.1, 0.15) is 5.75 Å². The quantitative estimate of drug-likeness (QED) is 0.397. The number of carbonyl (C=O) groups is 1. The summed E-state index contributed by atoms with van der Waals surface area (Å²) < 4.78 is 5.35. The molecule has 0 saturated carbocycles. The minimum Gasteiger partial charge on any atom is -0.494 e. The van der Waals surface area contributed by atoms with Gasteiger partial charge in [0.05, 0.1) is 6.61 Å². The highest BCUT2D eigenvalue weighted by Gasteiger charge is 2.05. The molecule has 1 aromatic carbocycles. The van der Waals surface area contributed by atoms with Crippen molar-refractivity contribution < 1.29 is 9.53 Å². The topological polar surface area (TPSA) is 26.3 Å². The van der Waals surface area contributed by atoms with Crippen LogP contribution in [0.15, 0.2) is 36.9 Å². The molecule has 0 spiro atoms. The van der Waals surface area contributed by atoms with Gasteiger partial charge in [-0.05, 0) is 31.9 Å². The van der Waals surface area contributed by atoms with Crippen LogP contribution in [0.2, 0.25) is 0 Å². The minimum absolute atomic E-state index is 0.170. The van der Waals surface area contributed by atoms with Gasteiger partial charge in [-0.2, -0.15) is 0 Å². The van der Waals surface area contributed by atoms with Gasteiger partial charge in [-0.15, -0.1) is 6.58 Å². The molecule has 0 bridgehead atoms. The lowest BCUT2D eigenvalue weighted by Gasteiger charge is -2.05. The van der Waals surface area contributed by atoms with Crippen molar-refractivity contribution >= 4 is 5.78 Å². The summed E-state index contributed by atoms with van der Waals surface area (Å²) in [7, 11) is 0. The zero-order chi connectivity index (χ0) is 11.8. The number of unbranched alkanes of at least 4 members (excludes halogenated alkanes) is 1. The first-order valence-electron chi connectivity index (χ1n) is 5.65. The fraction of sp³-hybridized carbons (Fsp3) is 0.357. The Hall–Kier alpha value is -1.57.